The molecule has 0 rings (SSSR count). The highest BCUT2D eigenvalue weighted by Crippen LogP contribution is 1.97. The highest BCUT2D eigenvalue weighted by molar-refractivity contribution is 6.29. The third-order valence-corrected chi connectivity index (χ3v) is 1.41. The summed E-state index contributed by atoms with van der Waals surface area (Å²) in [6, 6.07) is 0. The number of carboxylic acid groups (broad SMARTS) is 1. The van der Waals surface area contributed by atoms with Gasteiger partial charge in [0.2, 0.25) is 5.91 Å². The number of aliphatic carboxylic acids is 1. The molecular weight excluding hydrogens is 194 g/mol. The zero-order valence-corrected chi connectivity index (χ0v) is 7.93. The van der Waals surface area contributed by atoms with Gasteiger partial charge in [0.15, 0.2) is 0 Å². The van der Waals surface area contributed by atoms with Crippen molar-refractivity contribution in [3.05, 3.63) is 11.6 Å². The molecule has 0 unspecified atom stereocenters. The average Bonchev–Trinajstić information content (AvgIpc) is 2.00. The second kappa shape index (κ2) is 6.48. The molecule has 74 valence electrons. The lowest BCUT2D eigenvalue weighted by Gasteiger charge is -2.01. The molecule has 0 fully saturated rings. The van der Waals surface area contributed by atoms with Crippen LogP contribution in [-0.4, -0.2) is 23.5 Å². The Balaban J connectivity index is 3.41. The van der Waals surface area contributed by atoms with Crippen LogP contribution in [0.2, 0.25) is 0 Å². The predicted molar refractivity (Wildman–Crippen MR) is 49.5 cm³/mol. The van der Waals surface area contributed by atoms with Gasteiger partial charge in [0.05, 0.1) is 6.54 Å². The number of carboxylic acids is 1. The molecule has 0 saturated heterocycles. The monoisotopic (exact) mass is 205 g/mol. The quantitative estimate of drug-likeness (QED) is 0.683. The third-order valence-electron chi connectivity index (χ3n) is 1.27. The largest absolute Gasteiger partial charge is 0.481 e. The molecule has 2 N–H and O–H groups in total. The molecule has 0 spiro atoms. The van der Waals surface area contributed by atoms with E-state index in [0.717, 1.165) is 0 Å². The normalized spacial score (nSPS) is 9.31. The third kappa shape index (κ3) is 8.88. The Hall–Kier alpha value is -1.03. The lowest BCUT2D eigenvalue weighted by Crippen LogP contribution is -2.24. The molecule has 13 heavy (non-hydrogen) atoms. The van der Waals surface area contributed by atoms with Gasteiger partial charge >= 0.3 is 5.97 Å². The second-order valence-corrected chi connectivity index (χ2v) is 3.08. The maximum Gasteiger partial charge on any atom is 0.303 e. The first kappa shape index (κ1) is 12.0. The summed E-state index contributed by atoms with van der Waals surface area (Å²) < 4.78 is 0. The van der Waals surface area contributed by atoms with Gasteiger partial charge in [0.25, 0.3) is 0 Å². The van der Waals surface area contributed by atoms with Crippen molar-refractivity contribution in [1.82, 2.24) is 5.32 Å². The molecule has 0 aromatic heterocycles. The number of hydrogen-bond acceptors (Lipinski definition) is 2. The lowest BCUT2D eigenvalue weighted by molar-refractivity contribution is -0.137. The molecule has 5 heteroatoms. The fourth-order valence-electron chi connectivity index (χ4n) is 0.683. The number of halogens is 1. The number of rotatable bonds is 6. The highest BCUT2D eigenvalue weighted by Gasteiger charge is 2.02. The summed E-state index contributed by atoms with van der Waals surface area (Å²) >= 11 is 5.40. The minimum Gasteiger partial charge on any atom is -0.481 e. The molecular formula is C8H12ClNO3. The number of carbonyl (C=O) groups excluding carboxylic acids is 1. The van der Waals surface area contributed by atoms with Crippen molar-refractivity contribution in [3.8, 4) is 0 Å². The van der Waals surface area contributed by atoms with Gasteiger partial charge in [-0.15, -0.1) is 0 Å². The summed E-state index contributed by atoms with van der Waals surface area (Å²) in [6.07, 6.45) is 0.557. The molecule has 0 aliphatic carbocycles. The minimum absolute atomic E-state index is 0.00917. The molecule has 0 bridgehead atoms. The molecule has 1 amide bonds. The van der Waals surface area contributed by atoms with Gasteiger partial charge < -0.3 is 10.4 Å². The summed E-state index contributed by atoms with van der Waals surface area (Å²) in [5.41, 5.74) is 0. The maximum absolute atomic E-state index is 10.9. The topological polar surface area (TPSA) is 66.4 Å². The van der Waals surface area contributed by atoms with E-state index in [0.29, 0.717) is 11.5 Å². The van der Waals surface area contributed by atoms with Crippen LogP contribution in [0.15, 0.2) is 11.6 Å². The van der Waals surface area contributed by atoms with Gasteiger partial charge in [-0.3, -0.25) is 9.59 Å². The Morgan fingerprint density at radius 1 is 1.38 bits per heavy atom. The summed E-state index contributed by atoms with van der Waals surface area (Å²) in [4.78, 5) is 21.0. The van der Waals surface area contributed by atoms with Crippen LogP contribution in [0.5, 0.6) is 0 Å². The van der Waals surface area contributed by atoms with Gasteiger partial charge in [-0.25, -0.2) is 0 Å². The Morgan fingerprint density at radius 3 is 2.46 bits per heavy atom. The fraction of sp³-hybridized carbons (Fsp3) is 0.500. The summed E-state index contributed by atoms with van der Waals surface area (Å²) in [7, 11) is 0. The van der Waals surface area contributed by atoms with E-state index in [-0.39, 0.29) is 25.3 Å². The molecule has 0 atom stereocenters. The Labute approximate surface area is 81.6 Å². The van der Waals surface area contributed by atoms with Crippen LogP contribution in [0, 0.1) is 0 Å². The molecule has 0 aromatic carbocycles. The van der Waals surface area contributed by atoms with Crippen LogP contribution in [0.3, 0.4) is 0 Å². The number of carbonyl (C=O) groups is 2. The van der Waals surface area contributed by atoms with E-state index in [1.54, 1.807) is 0 Å². The number of hydrogen-bond donors (Lipinski definition) is 2. The molecule has 0 aliphatic rings. The van der Waals surface area contributed by atoms with Crippen molar-refractivity contribution >= 4 is 23.5 Å². The number of nitrogens with one attached hydrogen (secondary N) is 1. The highest BCUT2D eigenvalue weighted by atomic mass is 35.5. The van der Waals surface area contributed by atoms with Crippen molar-refractivity contribution in [1.29, 1.82) is 0 Å². The molecule has 4 nitrogen and oxygen atoms in total. The van der Waals surface area contributed by atoms with Crippen molar-refractivity contribution in [2.24, 2.45) is 0 Å². The standard InChI is InChI=1S/C8H12ClNO3/c1-6(9)5-10-7(11)3-2-4-8(12)13/h1-5H2,(H,10,11)(H,12,13). The van der Waals surface area contributed by atoms with Gasteiger partial charge in [-0.1, -0.05) is 18.2 Å². The van der Waals surface area contributed by atoms with E-state index < -0.39 is 5.97 Å². The van der Waals surface area contributed by atoms with Gasteiger partial charge in [0.1, 0.15) is 0 Å². The average molecular weight is 206 g/mol. The summed E-state index contributed by atoms with van der Waals surface area (Å²) in [5, 5.41) is 11.1. The molecule has 0 aromatic rings. The SMILES string of the molecule is C=C(Cl)CNC(=O)CCCC(=O)O. The first-order chi connectivity index (χ1) is 6.02. The number of amides is 1. The van der Waals surface area contributed by atoms with E-state index in [1.807, 2.05) is 0 Å². The van der Waals surface area contributed by atoms with Gasteiger partial charge in [-0.05, 0) is 6.42 Å². The summed E-state index contributed by atoms with van der Waals surface area (Å²) in [5.74, 6) is -1.10. The van der Waals surface area contributed by atoms with E-state index >= 15 is 0 Å². The van der Waals surface area contributed by atoms with Crippen LogP contribution in [0.25, 0.3) is 0 Å². The zero-order chi connectivity index (χ0) is 10.3. The second-order valence-electron chi connectivity index (χ2n) is 2.54. The molecule has 0 radical (unpaired) electrons. The van der Waals surface area contributed by atoms with Crippen LogP contribution in [0.1, 0.15) is 19.3 Å². The molecule has 0 aliphatic heterocycles. The zero-order valence-electron chi connectivity index (χ0n) is 7.18. The van der Waals surface area contributed by atoms with Crippen molar-refractivity contribution in [2.75, 3.05) is 6.54 Å². The van der Waals surface area contributed by atoms with Crippen molar-refractivity contribution < 1.29 is 14.7 Å². The van der Waals surface area contributed by atoms with E-state index in [4.69, 9.17) is 16.7 Å². The van der Waals surface area contributed by atoms with Crippen LogP contribution in [0.4, 0.5) is 0 Å². The Bertz CT molecular complexity index is 215. The smallest absolute Gasteiger partial charge is 0.303 e. The van der Waals surface area contributed by atoms with E-state index in [9.17, 15) is 9.59 Å². The summed E-state index contributed by atoms with van der Waals surface area (Å²) in [6.45, 7) is 3.62. The van der Waals surface area contributed by atoms with Crippen LogP contribution >= 0.6 is 11.6 Å². The first-order valence-electron chi connectivity index (χ1n) is 3.84. The Kier molecular flexibility index (Phi) is 5.97. The Morgan fingerprint density at radius 2 is 2.00 bits per heavy atom. The fourth-order valence-corrected chi connectivity index (χ4v) is 0.750. The first-order valence-corrected chi connectivity index (χ1v) is 4.22. The molecule has 0 saturated carbocycles. The van der Waals surface area contributed by atoms with E-state index in [1.165, 1.54) is 0 Å². The van der Waals surface area contributed by atoms with Crippen molar-refractivity contribution in [2.45, 2.75) is 19.3 Å². The molecule has 0 heterocycles. The van der Waals surface area contributed by atoms with Crippen molar-refractivity contribution in [3.63, 3.8) is 0 Å². The minimum atomic E-state index is -0.894. The maximum atomic E-state index is 10.9. The van der Waals surface area contributed by atoms with Crippen LogP contribution < -0.4 is 5.32 Å². The van der Waals surface area contributed by atoms with Gasteiger partial charge in [-0.2, -0.15) is 0 Å². The predicted octanol–water partition coefficient (Wildman–Crippen LogP) is 1.11. The van der Waals surface area contributed by atoms with E-state index in [2.05, 4.69) is 11.9 Å². The lowest BCUT2D eigenvalue weighted by atomic mass is 10.2. The van der Waals surface area contributed by atoms with Crippen LogP contribution in [-0.2, 0) is 9.59 Å². The van der Waals surface area contributed by atoms with Gasteiger partial charge in [0, 0.05) is 17.9 Å².